The highest BCUT2D eigenvalue weighted by atomic mass is 16.4. The molecule has 0 aromatic carbocycles. The Kier molecular flexibility index (Phi) is 9.24. The summed E-state index contributed by atoms with van der Waals surface area (Å²) in [5.74, 6) is -0.833. The first kappa shape index (κ1) is 14.9. The van der Waals surface area contributed by atoms with Gasteiger partial charge in [0.15, 0.2) is 0 Å². The van der Waals surface area contributed by atoms with Gasteiger partial charge >= 0.3 is 0 Å². The number of hydrogen-bond acceptors (Lipinski definition) is 2. The van der Waals surface area contributed by atoms with Crippen molar-refractivity contribution in [1.82, 2.24) is 4.90 Å². The highest BCUT2D eigenvalue weighted by Gasteiger charge is 2.08. The van der Waals surface area contributed by atoms with Gasteiger partial charge in [-0.25, -0.2) is 0 Å². The Balaban J connectivity index is 0. The predicted molar refractivity (Wildman–Crippen MR) is 56.0 cm³/mol. The summed E-state index contributed by atoms with van der Waals surface area (Å²) in [4.78, 5) is 11.5. The molecule has 0 aromatic rings. The van der Waals surface area contributed by atoms with Crippen LogP contribution in [-0.2, 0) is 4.79 Å². The summed E-state index contributed by atoms with van der Waals surface area (Å²) in [6, 6.07) is 1.38. The van der Waals surface area contributed by atoms with Crippen molar-refractivity contribution in [3.05, 3.63) is 0 Å². The molecule has 0 bridgehead atoms. The van der Waals surface area contributed by atoms with Crippen molar-refractivity contribution in [3.63, 3.8) is 0 Å². The molecule has 0 radical (unpaired) electrons. The number of nitrogens with zero attached hydrogens (tertiary/aromatic N) is 1. The van der Waals surface area contributed by atoms with Crippen LogP contribution in [-0.4, -0.2) is 34.6 Å². The fourth-order valence-corrected chi connectivity index (χ4v) is 1.33. The van der Waals surface area contributed by atoms with E-state index in [1.54, 1.807) is 0 Å². The van der Waals surface area contributed by atoms with Gasteiger partial charge in [-0.05, 0) is 34.2 Å². The molecule has 0 amide bonds. The van der Waals surface area contributed by atoms with Gasteiger partial charge in [-0.3, -0.25) is 9.69 Å². The summed E-state index contributed by atoms with van der Waals surface area (Å²) < 4.78 is 0. The van der Waals surface area contributed by atoms with Crippen LogP contribution in [0.4, 0.5) is 0 Å². The maximum Gasteiger partial charge on any atom is 0.300 e. The Morgan fingerprint density at radius 3 is 1.46 bits per heavy atom. The van der Waals surface area contributed by atoms with Crippen LogP contribution in [0.1, 0.15) is 41.5 Å². The minimum atomic E-state index is -0.833. The number of carbonyl (C=O) groups is 1. The van der Waals surface area contributed by atoms with E-state index in [1.165, 1.54) is 0 Å². The number of aliphatic carboxylic acids is 1. The van der Waals surface area contributed by atoms with Gasteiger partial charge in [-0.2, -0.15) is 0 Å². The van der Waals surface area contributed by atoms with Crippen molar-refractivity contribution in [2.45, 2.75) is 53.6 Å². The zero-order valence-corrected chi connectivity index (χ0v) is 9.66. The van der Waals surface area contributed by atoms with Crippen LogP contribution >= 0.6 is 0 Å². The maximum atomic E-state index is 9.00. The van der Waals surface area contributed by atoms with E-state index in [9.17, 15) is 0 Å². The van der Waals surface area contributed by atoms with Gasteiger partial charge in [0, 0.05) is 19.0 Å². The van der Waals surface area contributed by atoms with Crippen molar-refractivity contribution in [1.29, 1.82) is 0 Å². The van der Waals surface area contributed by atoms with Gasteiger partial charge in [-0.15, -0.1) is 0 Å². The Labute approximate surface area is 81.7 Å². The number of carboxylic acid groups (broad SMARTS) is 1. The SMILES string of the molecule is CC(=O)O.CCN(C(C)C)C(C)C. The molecular weight excluding hydrogens is 166 g/mol. The molecule has 0 atom stereocenters. The summed E-state index contributed by atoms with van der Waals surface area (Å²) >= 11 is 0. The van der Waals surface area contributed by atoms with Crippen molar-refractivity contribution in [2.24, 2.45) is 0 Å². The lowest BCUT2D eigenvalue weighted by atomic mass is 10.2. The third-order valence-electron chi connectivity index (χ3n) is 1.69. The fourth-order valence-electron chi connectivity index (χ4n) is 1.33. The smallest absolute Gasteiger partial charge is 0.300 e. The van der Waals surface area contributed by atoms with Gasteiger partial charge < -0.3 is 5.11 Å². The van der Waals surface area contributed by atoms with Crippen molar-refractivity contribution >= 4 is 5.97 Å². The van der Waals surface area contributed by atoms with Crippen LogP contribution in [0.3, 0.4) is 0 Å². The maximum absolute atomic E-state index is 9.00. The molecule has 0 aromatic heterocycles. The molecule has 80 valence electrons. The minimum absolute atomic E-state index is 0.690. The summed E-state index contributed by atoms with van der Waals surface area (Å²) in [5.41, 5.74) is 0. The highest BCUT2D eigenvalue weighted by molar-refractivity contribution is 5.62. The Morgan fingerprint density at radius 1 is 1.23 bits per heavy atom. The van der Waals surface area contributed by atoms with Crippen LogP contribution < -0.4 is 0 Å². The first-order chi connectivity index (χ1) is 5.82. The summed E-state index contributed by atoms with van der Waals surface area (Å²) in [6.45, 7) is 13.4. The monoisotopic (exact) mass is 189 g/mol. The third-order valence-corrected chi connectivity index (χ3v) is 1.69. The topological polar surface area (TPSA) is 40.5 Å². The summed E-state index contributed by atoms with van der Waals surface area (Å²) in [7, 11) is 0. The largest absolute Gasteiger partial charge is 0.481 e. The van der Waals surface area contributed by atoms with Crippen molar-refractivity contribution < 1.29 is 9.90 Å². The minimum Gasteiger partial charge on any atom is -0.481 e. The highest BCUT2D eigenvalue weighted by Crippen LogP contribution is 2.02. The van der Waals surface area contributed by atoms with Crippen molar-refractivity contribution in [2.75, 3.05) is 6.54 Å². The average Bonchev–Trinajstić information content (AvgIpc) is 1.84. The van der Waals surface area contributed by atoms with E-state index < -0.39 is 5.97 Å². The van der Waals surface area contributed by atoms with Crippen LogP contribution in [0.15, 0.2) is 0 Å². The molecule has 0 saturated carbocycles. The predicted octanol–water partition coefficient (Wildman–Crippen LogP) is 2.22. The average molecular weight is 189 g/mol. The molecule has 1 N–H and O–H groups in total. The Bertz CT molecular complexity index is 121. The molecule has 0 aliphatic heterocycles. The van der Waals surface area contributed by atoms with Crippen LogP contribution in [0, 0.1) is 0 Å². The quantitative estimate of drug-likeness (QED) is 0.740. The van der Waals surface area contributed by atoms with E-state index in [0.717, 1.165) is 13.5 Å². The molecule has 0 aliphatic carbocycles. The molecule has 0 unspecified atom stereocenters. The molecule has 3 heteroatoms. The van der Waals surface area contributed by atoms with Gasteiger partial charge in [0.2, 0.25) is 0 Å². The van der Waals surface area contributed by atoms with Crippen molar-refractivity contribution in [3.8, 4) is 0 Å². The standard InChI is InChI=1S/C8H19N.C2H4O2/c1-6-9(7(2)3)8(4)5;1-2(3)4/h7-8H,6H2,1-5H3;1H3,(H,3,4). The van der Waals surface area contributed by atoms with Gasteiger partial charge in [-0.1, -0.05) is 6.92 Å². The molecule has 0 aliphatic rings. The molecule has 3 nitrogen and oxygen atoms in total. The lowest BCUT2D eigenvalue weighted by molar-refractivity contribution is -0.134. The molecular formula is C10H23NO2. The first-order valence-corrected chi connectivity index (χ1v) is 4.78. The number of carboxylic acids is 1. The summed E-state index contributed by atoms with van der Waals surface area (Å²) in [5, 5.41) is 7.42. The number of rotatable bonds is 3. The van der Waals surface area contributed by atoms with Crippen LogP contribution in [0.2, 0.25) is 0 Å². The lowest BCUT2D eigenvalue weighted by Crippen LogP contribution is -2.36. The molecule has 13 heavy (non-hydrogen) atoms. The lowest BCUT2D eigenvalue weighted by Gasteiger charge is -2.28. The van der Waals surface area contributed by atoms with E-state index in [1.807, 2.05) is 0 Å². The second kappa shape index (κ2) is 8.05. The zero-order chi connectivity index (χ0) is 11.0. The van der Waals surface area contributed by atoms with E-state index in [2.05, 4.69) is 39.5 Å². The molecule has 0 fully saturated rings. The van der Waals surface area contributed by atoms with E-state index in [-0.39, 0.29) is 0 Å². The summed E-state index contributed by atoms with van der Waals surface area (Å²) in [6.07, 6.45) is 0. The van der Waals surface area contributed by atoms with E-state index in [4.69, 9.17) is 9.90 Å². The van der Waals surface area contributed by atoms with Gasteiger partial charge in [0.1, 0.15) is 0 Å². The second-order valence-corrected chi connectivity index (χ2v) is 3.54. The zero-order valence-electron chi connectivity index (χ0n) is 9.66. The van der Waals surface area contributed by atoms with Crippen LogP contribution in [0.25, 0.3) is 0 Å². The Morgan fingerprint density at radius 2 is 1.46 bits per heavy atom. The molecule has 0 saturated heterocycles. The van der Waals surface area contributed by atoms with E-state index in [0.29, 0.717) is 12.1 Å². The van der Waals surface area contributed by atoms with Gasteiger partial charge in [0.25, 0.3) is 5.97 Å². The van der Waals surface area contributed by atoms with Gasteiger partial charge in [0.05, 0.1) is 0 Å². The first-order valence-electron chi connectivity index (χ1n) is 4.78. The molecule has 0 spiro atoms. The van der Waals surface area contributed by atoms with E-state index >= 15 is 0 Å². The fraction of sp³-hybridized carbons (Fsp3) is 0.900. The normalized spacial score (nSPS) is 10.2. The Hall–Kier alpha value is -0.570. The second-order valence-electron chi connectivity index (χ2n) is 3.54. The van der Waals surface area contributed by atoms with Crippen LogP contribution in [0.5, 0.6) is 0 Å². The molecule has 0 heterocycles. The third kappa shape index (κ3) is 11.4. The number of hydrogen-bond donors (Lipinski definition) is 1. The molecule has 0 rings (SSSR count).